The van der Waals surface area contributed by atoms with Crippen LogP contribution in [0.5, 0.6) is 0 Å². The highest BCUT2D eigenvalue weighted by Gasteiger charge is 2.16. The van der Waals surface area contributed by atoms with Crippen LogP contribution in [0.3, 0.4) is 0 Å². The Kier molecular flexibility index (Phi) is 5.46. The number of benzene rings is 2. The normalized spacial score (nSPS) is 10.3. The van der Waals surface area contributed by atoms with Gasteiger partial charge in [0.1, 0.15) is 0 Å². The quantitative estimate of drug-likeness (QED) is 0.663. The summed E-state index contributed by atoms with van der Waals surface area (Å²) < 4.78 is 15.1. The van der Waals surface area contributed by atoms with Crippen molar-refractivity contribution in [3.8, 4) is 11.5 Å². The van der Waals surface area contributed by atoms with Crippen molar-refractivity contribution >= 4 is 17.6 Å². The molecule has 0 aliphatic heterocycles. The first-order chi connectivity index (χ1) is 13.1. The Morgan fingerprint density at radius 1 is 1.00 bits per heavy atom. The molecule has 0 saturated heterocycles. The lowest BCUT2D eigenvalue weighted by molar-refractivity contribution is 0.0587. The van der Waals surface area contributed by atoms with E-state index >= 15 is 0 Å². The van der Waals surface area contributed by atoms with E-state index in [4.69, 9.17) is 13.9 Å². The Balaban J connectivity index is 1.81. The topological polar surface area (TPSA) is 104 Å². The summed E-state index contributed by atoms with van der Waals surface area (Å²) in [6.45, 7) is 0.161. The third kappa shape index (κ3) is 4.12. The molecule has 0 amide bonds. The zero-order chi connectivity index (χ0) is 19.2. The average Bonchev–Trinajstić information content (AvgIpc) is 3.20. The van der Waals surface area contributed by atoms with Crippen LogP contribution in [-0.2, 0) is 16.0 Å². The van der Waals surface area contributed by atoms with Gasteiger partial charge in [-0.25, -0.2) is 9.59 Å². The molecule has 0 bridgehead atoms. The van der Waals surface area contributed by atoms with Crippen LogP contribution in [0.1, 0.15) is 26.6 Å². The second-order valence-corrected chi connectivity index (χ2v) is 5.46. The largest absolute Gasteiger partial charge is 0.465 e. The fraction of sp³-hybridized carbons (Fsp3) is 0.158. The Morgan fingerprint density at radius 2 is 1.74 bits per heavy atom. The van der Waals surface area contributed by atoms with Crippen molar-refractivity contribution in [1.29, 1.82) is 0 Å². The number of hydrogen-bond donors (Lipinski definition) is 1. The van der Waals surface area contributed by atoms with Gasteiger partial charge in [-0.3, -0.25) is 0 Å². The van der Waals surface area contributed by atoms with Gasteiger partial charge in [0.05, 0.1) is 31.9 Å². The number of anilines is 1. The van der Waals surface area contributed by atoms with Gasteiger partial charge in [0.15, 0.2) is 0 Å². The van der Waals surface area contributed by atoms with E-state index in [0.29, 0.717) is 23.0 Å². The third-order valence-corrected chi connectivity index (χ3v) is 3.76. The number of esters is 2. The Hall–Kier alpha value is -3.68. The SMILES string of the molecule is COC(=O)c1ccc(C(=O)OC)c(NCc2nnc(-c3ccccc3)o2)c1. The van der Waals surface area contributed by atoms with Crippen molar-refractivity contribution in [2.45, 2.75) is 6.54 Å². The molecule has 138 valence electrons. The first kappa shape index (κ1) is 18.1. The lowest BCUT2D eigenvalue weighted by Gasteiger charge is -2.11. The van der Waals surface area contributed by atoms with Gasteiger partial charge in [-0.05, 0) is 30.3 Å². The molecule has 0 aliphatic carbocycles. The summed E-state index contributed by atoms with van der Waals surface area (Å²) in [7, 11) is 2.57. The van der Waals surface area contributed by atoms with Gasteiger partial charge in [0.25, 0.3) is 0 Å². The van der Waals surface area contributed by atoms with Crippen molar-refractivity contribution in [2.24, 2.45) is 0 Å². The molecule has 8 nitrogen and oxygen atoms in total. The second kappa shape index (κ2) is 8.13. The van der Waals surface area contributed by atoms with E-state index in [1.54, 1.807) is 0 Å². The second-order valence-electron chi connectivity index (χ2n) is 5.46. The van der Waals surface area contributed by atoms with Crippen LogP contribution in [0.4, 0.5) is 5.69 Å². The van der Waals surface area contributed by atoms with Crippen LogP contribution < -0.4 is 5.32 Å². The molecule has 0 fully saturated rings. The monoisotopic (exact) mass is 367 g/mol. The minimum Gasteiger partial charge on any atom is -0.465 e. The highest BCUT2D eigenvalue weighted by atomic mass is 16.5. The number of methoxy groups -OCH3 is 2. The zero-order valence-electron chi connectivity index (χ0n) is 14.8. The molecule has 8 heteroatoms. The molecular weight excluding hydrogens is 350 g/mol. The minimum absolute atomic E-state index is 0.161. The van der Waals surface area contributed by atoms with Crippen molar-refractivity contribution in [2.75, 3.05) is 19.5 Å². The number of rotatable bonds is 6. The summed E-state index contributed by atoms with van der Waals surface area (Å²) in [5.74, 6) is -0.333. The minimum atomic E-state index is -0.538. The molecular formula is C19H17N3O5. The maximum Gasteiger partial charge on any atom is 0.339 e. The number of hydrogen-bond acceptors (Lipinski definition) is 8. The van der Waals surface area contributed by atoms with Crippen molar-refractivity contribution in [3.05, 3.63) is 65.5 Å². The van der Waals surface area contributed by atoms with Crippen molar-refractivity contribution in [3.63, 3.8) is 0 Å². The van der Waals surface area contributed by atoms with E-state index in [-0.39, 0.29) is 12.1 Å². The predicted molar refractivity (Wildman–Crippen MR) is 96.2 cm³/mol. The molecule has 0 unspecified atom stereocenters. The fourth-order valence-corrected chi connectivity index (χ4v) is 2.42. The molecule has 2 aromatic carbocycles. The number of nitrogens with zero attached hydrogens (tertiary/aromatic N) is 2. The summed E-state index contributed by atoms with van der Waals surface area (Å²) in [5.41, 5.74) is 1.76. The highest BCUT2D eigenvalue weighted by molar-refractivity contribution is 5.98. The molecule has 0 saturated carbocycles. The Labute approximate surface area is 155 Å². The van der Waals surface area contributed by atoms with Gasteiger partial charge < -0.3 is 19.2 Å². The van der Waals surface area contributed by atoms with E-state index in [1.165, 1.54) is 32.4 Å². The van der Waals surface area contributed by atoms with Gasteiger partial charge in [-0.1, -0.05) is 18.2 Å². The average molecular weight is 367 g/mol. The maximum atomic E-state index is 12.0. The van der Waals surface area contributed by atoms with Crippen LogP contribution in [0, 0.1) is 0 Å². The van der Waals surface area contributed by atoms with E-state index in [1.807, 2.05) is 30.3 Å². The highest BCUT2D eigenvalue weighted by Crippen LogP contribution is 2.22. The molecule has 1 heterocycles. The van der Waals surface area contributed by atoms with Gasteiger partial charge >= 0.3 is 11.9 Å². The van der Waals surface area contributed by atoms with Crippen molar-refractivity contribution in [1.82, 2.24) is 10.2 Å². The third-order valence-electron chi connectivity index (χ3n) is 3.76. The summed E-state index contributed by atoms with van der Waals surface area (Å²) in [4.78, 5) is 23.7. The van der Waals surface area contributed by atoms with Crippen molar-refractivity contribution < 1.29 is 23.5 Å². The van der Waals surface area contributed by atoms with Gasteiger partial charge in [0, 0.05) is 11.3 Å². The van der Waals surface area contributed by atoms with E-state index in [2.05, 4.69) is 15.5 Å². The standard InChI is InChI=1S/C19H17N3O5/c1-25-18(23)13-8-9-14(19(24)26-2)15(10-13)20-11-16-21-22-17(27-16)12-6-4-3-5-7-12/h3-10,20H,11H2,1-2H3. The number of carbonyl (C=O) groups excluding carboxylic acids is 2. The number of nitrogens with one attached hydrogen (secondary N) is 1. The smallest absolute Gasteiger partial charge is 0.339 e. The van der Waals surface area contributed by atoms with E-state index in [9.17, 15) is 9.59 Å². The Bertz CT molecular complexity index is 953. The van der Waals surface area contributed by atoms with Gasteiger partial charge in [0.2, 0.25) is 11.8 Å². The molecule has 1 aromatic heterocycles. The molecule has 3 aromatic rings. The maximum absolute atomic E-state index is 12.0. The first-order valence-corrected chi connectivity index (χ1v) is 8.04. The summed E-state index contributed by atoms with van der Waals surface area (Å²) in [6, 6.07) is 13.8. The molecule has 1 N–H and O–H groups in total. The van der Waals surface area contributed by atoms with Crippen LogP contribution in [-0.4, -0.2) is 36.4 Å². The van der Waals surface area contributed by atoms with Crippen LogP contribution >= 0.6 is 0 Å². The summed E-state index contributed by atoms with van der Waals surface area (Å²) >= 11 is 0. The van der Waals surface area contributed by atoms with Crippen LogP contribution in [0.25, 0.3) is 11.5 Å². The molecule has 0 spiro atoms. The molecule has 0 aliphatic rings. The zero-order valence-corrected chi connectivity index (χ0v) is 14.8. The van der Waals surface area contributed by atoms with Crippen LogP contribution in [0.2, 0.25) is 0 Å². The van der Waals surface area contributed by atoms with Gasteiger partial charge in [-0.2, -0.15) is 0 Å². The predicted octanol–water partition coefficient (Wildman–Crippen LogP) is 2.92. The number of aromatic nitrogens is 2. The van der Waals surface area contributed by atoms with E-state index < -0.39 is 11.9 Å². The van der Waals surface area contributed by atoms with Gasteiger partial charge in [-0.15, -0.1) is 10.2 Å². The number of ether oxygens (including phenoxy) is 2. The van der Waals surface area contributed by atoms with Crippen LogP contribution in [0.15, 0.2) is 52.9 Å². The van der Waals surface area contributed by atoms with E-state index in [0.717, 1.165) is 5.56 Å². The number of carbonyl (C=O) groups is 2. The fourth-order valence-electron chi connectivity index (χ4n) is 2.42. The first-order valence-electron chi connectivity index (χ1n) is 8.04. The summed E-state index contributed by atoms with van der Waals surface area (Å²) in [5, 5.41) is 11.0. The Morgan fingerprint density at radius 3 is 2.44 bits per heavy atom. The lowest BCUT2D eigenvalue weighted by Crippen LogP contribution is -2.11. The summed E-state index contributed by atoms with van der Waals surface area (Å²) in [6.07, 6.45) is 0. The molecule has 3 rings (SSSR count). The lowest BCUT2D eigenvalue weighted by atomic mass is 10.1. The molecule has 0 atom stereocenters. The molecule has 27 heavy (non-hydrogen) atoms. The molecule has 0 radical (unpaired) electrons.